The highest BCUT2D eigenvalue weighted by Crippen LogP contribution is 2.20. The van der Waals surface area contributed by atoms with Crippen molar-refractivity contribution in [2.75, 3.05) is 37.5 Å². The van der Waals surface area contributed by atoms with Crippen molar-refractivity contribution >= 4 is 45.2 Å². The normalized spacial score (nSPS) is 11.2. The maximum absolute atomic E-state index is 12.0. The average Bonchev–Trinajstić information content (AvgIpc) is 2.56. The SMILES string of the molecule is CN=C(NCCCCSC)NCCC(=O)Nc1cc(Br)ccc1C. The monoisotopic (exact) mass is 414 g/mol. The Bertz CT molecular complexity index is 551. The summed E-state index contributed by atoms with van der Waals surface area (Å²) in [7, 11) is 1.74. The number of nitrogens with zero attached hydrogens (tertiary/aromatic N) is 1. The average molecular weight is 415 g/mol. The predicted octanol–water partition coefficient (Wildman–Crippen LogP) is 3.39. The van der Waals surface area contributed by atoms with E-state index in [9.17, 15) is 4.79 Å². The zero-order valence-electron chi connectivity index (χ0n) is 14.6. The Morgan fingerprint density at radius 2 is 2.00 bits per heavy atom. The number of halogens is 1. The number of guanidine groups is 1. The second kappa shape index (κ2) is 12.2. The number of nitrogens with one attached hydrogen (secondary N) is 3. The van der Waals surface area contributed by atoms with Gasteiger partial charge in [0.05, 0.1) is 0 Å². The topological polar surface area (TPSA) is 65.5 Å². The number of thioether (sulfide) groups is 1. The van der Waals surface area contributed by atoms with Gasteiger partial charge in [0, 0.05) is 36.7 Å². The molecular formula is C17H27BrN4OS. The lowest BCUT2D eigenvalue weighted by atomic mass is 10.2. The summed E-state index contributed by atoms with van der Waals surface area (Å²) >= 11 is 5.28. The second-order valence-electron chi connectivity index (χ2n) is 5.38. The molecule has 24 heavy (non-hydrogen) atoms. The van der Waals surface area contributed by atoms with E-state index in [2.05, 4.69) is 43.1 Å². The van der Waals surface area contributed by atoms with Gasteiger partial charge in [0.1, 0.15) is 0 Å². The summed E-state index contributed by atoms with van der Waals surface area (Å²) in [5.74, 6) is 1.91. The Hall–Kier alpha value is -1.21. The Kier molecular flexibility index (Phi) is 10.6. The Morgan fingerprint density at radius 1 is 1.25 bits per heavy atom. The van der Waals surface area contributed by atoms with Gasteiger partial charge in [-0.25, -0.2) is 0 Å². The number of carbonyl (C=O) groups excluding carboxylic acids is 1. The maximum atomic E-state index is 12.0. The number of aliphatic imine (C=N–C) groups is 1. The molecule has 1 amide bonds. The van der Waals surface area contributed by atoms with Gasteiger partial charge in [0.15, 0.2) is 5.96 Å². The molecule has 0 fully saturated rings. The summed E-state index contributed by atoms with van der Waals surface area (Å²) in [4.78, 5) is 16.2. The molecule has 3 N–H and O–H groups in total. The van der Waals surface area contributed by atoms with Crippen LogP contribution in [0.4, 0.5) is 5.69 Å². The van der Waals surface area contributed by atoms with E-state index in [0.717, 1.165) is 34.6 Å². The van der Waals surface area contributed by atoms with E-state index in [1.54, 1.807) is 7.05 Å². The van der Waals surface area contributed by atoms with Gasteiger partial charge in [-0.2, -0.15) is 11.8 Å². The molecule has 0 saturated carbocycles. The molecule has 0 bridgehead atoms. The largest absolute Gasteiger partial charge is 0.356 e. The van der Waals surface area contributed by atoms with Crippen LogP contribution in [0.2, 0.25) is 0 Å². The number of hydrogen-bond donors (Lipinski definition) is 3. The van der Waals surface area contributed by atoms with E-state index in [4.69, 9.17) is 0 Å². The van der Waals surface area contributed by atoms with Crippen LogP contribution in [0.15, 0.2) is 27.7 Å². The van der Waals surface area contributed by atoms with E-state index in [-0.39, 0.29) is 5.91 Å². The van der Waals surface area contributed by atoms with Crippen LogP contribution in [0.25, 0.3) is 0 Å². The van der Waals surface area contributed by atoms with E-state index in [1.807, 2.05) is 36.9 Å². The molecule has 0 unspecified atom stereocenters. The molecule has 1 rings (SSSR count). The summed E-state index contributed by atoms with van der Waals surface area (Å²) in [6.07, 6.45) is 4.82. The van der Waals surface area contributed by atoms with Gasteiger partial charge in [-0.15, -0.1) is 0 Å². The van der Waals surface area contributed by atoms with Gasteiger partial charge < -0.3 is 16.0 Å². The molecule has 5 nitrogen and oxygen atoms in total. The molecule has 0 radical (unpaired) electrons. The van der Waals surface area contributed by atoms with E-state index in [1.165, 1.54) is 12.2 Å². The molecule has 7 heteroatoms. The quantitative estimate of drug-likeness (QED) is 0.329. The predicted molar refractivity (Wildman–Crippen MR) is 109 cm³/mol. The van der Waals surface area contributed by atoms with Crippen LogP contribution < -0.4 is 16.0 Å². The van der Waals surface area contributed by atoms with E-state index in [0.29, 0.717) is 13.0 Å². The summed E-state index contributed by atoms with van der Waals surface area (Å²) in [5.41, 5.74) is 1.88. The highest BCUT2D eigenvalue weighted by Gasteiger charge is 2.06. The van der Waals surface area contributed by atoms with Gasteiger partial charge in [0.25, 0.3) is 0 Å². The number of benzene rings is 1. The van der Waals surface area contributed by atoms with Crippen molar-refractivity contribution < 1.29 is 4.79 Å². The minimum atomic E-state index is -0.0147. The maximum Gasteiger partial charge on any atom is 0.226 e. The van der Waals surface area contributed by atoms with Crippen molar-refractivity contribution in [1.82, 2.24) is 10.6 Å². The summed E-state index contributed by atoms with van der Waals surface area (Å²) < 4.78 is 0.951. The zero-order chi connectivity index (χ0) is 17.8. The number of hydrogen-bond acceptors (Lipinski definition) is 3. The number of anilines is 1. The number of rotatable bonds is 9. The lowest BCUT2D eigenvalue weighted by Crippen LogP contribution is -2.39. The lowest BCUT2D eigenvalue weighted by molar-refractivity contribution is -0.116. The molecule has 0 aromatic heterocycles. The fourth-order valence-electron chi connectivity index (χ4n) is 2.03. The molecule has 0 aliphatic heterocycles. The first-order chi connectivity index (χ1) is 11.6. The molecule has 0 saturated heterocycles. The molecule has 0 spiro atoms. The Morgan fingerprint density at radius 3 is 2.71 bits per heavy atom. The molecular weight excluding hydrogens is 388 g/mol. The first kappa shape index (κ1) is 20.8. The third kappa shape index (κ3) is 8.59. The standard InChI is InChI=1S/C17H27BrN4OS/c1-13-6-7-14(18)12-15(13)22-16(23)8-10-21-17(19-2)20-9-4-5-11-24-3/h6-7,12H,4-5,8-11H2,1-3H3,(H,22,23)(H2,19,20,21). The Balaban J connectivity index is 2.27. The van der Waals surface area contributed by atoms with Crippen molar-refractivity contribution in [3.8, 4) is 0 Å². The van der Waals surface area contributed by atoms with Gasteiger partial charge in [-0.3, -0.25) is 9.79 Å². The van der Waals surface area contributed by atoms with Crippen molar-refractivity contribution in [2.24, 2.45) is 4.99 Å². The van der Waals surface area contributed by atoms with Gasteiger partial charge in [0.2, 0.25) is 5.91 Å². The number of carbonyl (C=O) groups is 1. The van der Waals surface area contributed by atoms with Crippen LogP contribution in [0.3, 0.4) is 0 Å². The minimum Gasteiger partial charge on any atom is -0.356 e. The van der Waals surface area contributed by atoms with Crippen molar-refractivity contribution in [2.45, 2.75) is 26.2 Å². The molecule has 0 aliphatic rings. The molecule has 134 valence electrons. The van der Waals surface area contributed by atoms with Crippen LogP contribution in [0, 0.1) is 6.92 Å². The van der Waals surface area contributed by atoms with Crippen molar-refractivity contribution in [3.05, 3.63) is 28.2 Å². The van der Waals surface area contributed by atoms with Gasteiger partial charge >= 0.3 is 0 Å². The minimum absolute atomic E-state index is 0.0147. The number of aryl methyl sites for hydroxylation is 1. The van der Waals surface area contributed by atoms with E-state index < -0.39 is 0 Å². The van der Waals surface area contributed by atoms with Crippen LogP contribution in [0.5, 0.6) is 0 Å². The smallest absolute Gasteiger partial charge is 0.226 e. The fraction of sp³-hybridized carbons (Fsp3) is 0.529. The molecule has 0 atom stereocenters. The molecule has 0 aliphatic carbocycles. The lowest BCUT2D eigenvalue weighted by Gasteiger charge is -2.12. The van der Waals surface area contributed by atoms with Crippen LogP contribution in [-0.2, 0) is 4.79 Å². The van der Waals surface area contributed by atoms with Crippen molar-refractivity contribution in [1.29, 1.82) is 0 Å². The van der Waals surface area contributed by atoms with Crippen LogP contribution in [0.1, 0.15) is 24.8 Å². The molecule has 1 aromatic carbocycles. The first-order valence-corrected chi connectivity index (χ1v) is 10.2. The first-order valence-electron chi connectivity index (χ1n) is 8.06. The number of unbranched alkanes of at least 4 members (excludes halogenated alkanes) is 1. The Labute approximate surface area is 157 Å². The third-order valence-electron chi connectivity index (χ3n) is 3.41. The van der Waals surface area contributed by atoms with Crippen molar-refractivity contribution in [3.63, 3.8) is 0 Å². The van der Waals surface area contributed by atoms with E-state index >= 15 is 0 Å². The summed E-state index contributed by atoms with van der Waals surface area (Å²) in [5, 5.41) is 9.36. The highest BCUT2D eigenvalue weighted by molar-refractivity contribution is 9.10. The van der Waals surface area contributed by atoms with Crippen LogP contribution >= 0.6 is 27.7 Å². The van der Waals surface area contributed by atoms with Gasteiger partial charge in [-0.1, -0.05) is 22.0 Å². The van der Waals surface area contributed by atoms with Gasteiger partial charge in [-0.05, 0) is 49.5 Å². The number of amides is 1. The highest BCUT2D eigenvalue weighted by atomic mass is 79.9. The molecule has 1 aromatic rings. The van der Waals surface area contributed by atoms with Crippen LogP contribution in [-0.4, -0.2) is 44.0 Å². The zero-order valence-corrected chi connectivity index (χ0v) is 17.0. The summed E-state index contributed by atoms with van der Waals surface area (Å²) in [6, 6.07) is 5.85. The third-order valence-corrected chi connectivity index (χ3v) is 4.60. The summed E-state index contributed by atoms with van der Waals surface area (Å²) in [6.45, 7) is 3.41. The second-order valence-corrected chi connectivity index (χ2v) is 7.28. The molecule has 0 heterocycles. The fourth-order valence-corrected chi connectivity index (χ4v) is 2.89.